The van der Waals surface area contributed by atoms with Crippen molar-refractivity contribution < 1.29 is 18.7 Å². The van der Waals surface area contributed by atoms with E-state index in [4.69, 9.17) is 4.74 Å². The van der Waals surface area contributed by atoms with Crippen molar-refractivity contribution in [2.75, 3.05) is 19.5 Å². The minimum absolute atomic E-state index is 0.0863. The van der Waals surface area contributed by atoms with Gasteiger partial charge in [-0.2, -0.15) is 0 Å². The molecule has 0 spiro atoms. The van der Waals surface area contributed by atoms with Crippen LogP contribution in [0.4, 0.5) is 10.1 Å². The standard InChI is InChI=1S/C29H27FN4O4/c1-18(31-2)28(36)33-25-12-13-26(20-6-10-24(38-3)11-7-20)34(29(25)37)17-19-14-22(16-32-15-19)27(35)21-4-8-23(30)9-5-21/h4-16,18,31H,17H2,1-3H3,(H,33,36)/t18-/m0/s1. The Balaban J connectivity index is 1.74. The lowest BCUT2D eigenvalue weighted by atomic mass is 10.0. The van der Waals surface area contributed by atoms with E-state index >= 15 is 0 Å². The van der Waals surface area contributed by atoms with Crippen LogP contribution >= 0.6 is 0 Å². The zero-order chi connectivity index (χ0) is 27.2. The highest BCUT2D eigenvalue weighted by atomic mass is 19.1. The highest BCUT2D eigenvalue weighted by Crippen LogP contribution is 2.24. The third-order valence-corrected chi connectivity index (χ3v) is 6.15. The number of amides is 1. The molecule has 4 aromatic rings. The molecule has 2 N–H and O–H groups in total. The van der Waals surface area contributed by atoms with Crippen LogP contribution < -0.4 is 20.9 Å². The zero-order valence-electron chi connectivity index (χ0n) is 21.2. The number of methoxy groups -OCH3 is 1. The van der Waals surface area contributed by atoms with Crippen LogP contribution in [0.5, 0.6) is 5.75 Å². The summed E-state index contributed by atoms with van der Waals surface area (Å²) in [4.78, 5) is 43.2. The van der Waals surface area contributed by atoms with Crippen LogP contribution in [-0.2, 0) is 11.3 Å². The second kappa shape index (κ2) is 11.6. The van der Waals surface area contributed by atoms with E-state index in [1.54, 1.807) is 57.6 Å². The Morgan fingerprint density at radius 1 is 1.00 bits per heavy atom. The number of benzene rings is 2. The fraction of sp³-hybridized carbons (Fsp3) is 0.172. The van der Waals surface area contributed by atoms with Crippen molar-refractivity contribution in [1.29, 1.82) is 0 Å². The largest absolute Gasteiger partial charge is 0.497 e. The van der Waals surface area contributed by atoms with Gasteiger partial charge in [0.1, 0.15) is 17.3 Å². The second-order valence-electron chi connectivity index (χ2n) is 8.67. The van der Waals surface area contributed by atoms with E-state index < -0.39 is 17.4 Å². The van der Waals surface area contributed by atoms with Crippen molar-refractivity contribution in [2.45, 2.75) is 19.5 Å². The molecule has 4 rings (SSSR count). The predicted octanol–water partition coefficient (Wildman–Crippen LogP) is 3.88. The van der Waals surface area contributed by atoms with Crippen LogP contribution in [0, 0.1) is 5.82 Å². The van der Waals surface area contributed by atoms with Crippen LogP contribution in [0.25, 0.3) is 11.3 Å². The molecule has 0 bridgehead atoms. The monoisotopic (exact) mass is 514 g/mol. The molecule has 0 unspecified atom stereocenters. The summed E-state index contributed by atoms with van der Waals surface area (Å²) in [6, 6.07) is 17.0. The van der Waals surface area contributed by atoms with E-state index in [0.717, 1.165) is 5.56 Å². The summed E-state index contributed by atoms with van der Waals surface area (Å²) < 4.78 is 20.1. The smallest absolute Gasteiger partial charge is 0.275 e. The SMILES string of the molecule is CN[C@@H](C)C(=O)Nc1ccc(-c2ccc(OC)cc2)n(Cc2cncc(C(=O)c3ccc(F)cc3)c2)c1=O. The number of hydrogen-bond donors (Lipinski definition) is 2. The Labute approximate surface area is 219 Å². The molecule has 194 valence electrons. The molecule has 0 saturated carbocycles. The van der Waals surface area contributed by atoms with Gasteiger partial charge in [-0.1, -0.05) is 0 Å². The molecule has 2 aromatic carbocycles. The minimum Gasteiger partial charge on any atom is -0.497 e. The molecule has 0 fully saturated rings. The molecule has 2 aromatic heterocycles. The molecular formula is C29H27FN4O4. The van der Waals surface area contributed by atoms with Gasteiger partial charge in [0.2, 0.25) is 5.91 Å². The average Bonchev–Trinajstić information content (AvgIpc) is 2.95. The molecule has 0 aliphatic rings. The summed E-state index contributed by atoms with van der Waals surface area (Å²) in [6.07, 6.45) is 3.00. The van der Waals surface area contributed by atoms with Crippen molar-refractivity contribution in [3.8, 4) is 17.0 Å². The topological polar surface area (TPSA) is 102 Å². The first-order chi connectivity index (χ1) is 18.3. The lowest BCUT2D eigenvalue weighted by Gasteiger charge is -2.17. The molecule has 2 heterocycles. The number of carbonyl (C=O) groups excluding carboxylic acids is 2. The molecular weight excluding hydrogens is 487 g/mol. The van der Waals surface area contributed by atoms with Crippen LogP contribution in [-0.4, -0.2) is 41.4 Å². The number of rotatable bonds is 9. The number of ether oxygens (including phenoxy) is 1. The number of aromatic nitrogens is 2. The van der Waals surface area contributed by atoms with Gasteiger partial charge in [0.25, 0.3) is 5.56 Å². The van der Waals surface area contributed by atoms with Crippen LogP contribution in [0.15, 0.2) is 83.9 Å². The summed E-state index contributed by atoms with van der Waals surface area (Å²) in [7, 11) is 3.23. The normalized spacial score (nSPS) is 11.6. The average molecular weight is 515 g/mol. The Morgan fingerprint density at radius 2 is 1.71 bits per heavy atom. The first-order valence-corrected chi connectivity index (χ1v) is 11.9. The van der Waals surface area contributed by atoms with Gasteiger partial charge in [-0.15, -0.1) is 0 Å². The van der Waals surface area contributed by atoms with Crippen LogP contribution in [0.2, 0.25) is 0 Å². The van der Waals surface area contributed by atoms with Gasteiger partial charge in [0.05, 0.1) is 25.4 Å². The molecule has 1 atom stereocenters. The Hall–Kier alpha value is -4.63. The number of hydrogen-bond acceptors (Lipinski definition) is 6. The van der Waals surface area contributed by atoms with Gasteiger partial charge < -0.3 is 19.9 Å². The van der Waals surface area contributed by atoms with Crippen LogP contribution in [0.1, 0.15) is 28.4 Å². The van der Waals surface area contributed by atoms with Gasteiger partial charge in [0, 0.05) is 23.5 Å². The lowest BCUT2D eigenvalue weighted by molar-refractivity contribution is -0.117. The Kier molecular flexibility index (Phi) is 8.08. The molecule has 9 heteroatoms. The maximum atomic E-state index is 13.6. The molecule has 0 saturated heterocycles. The maximum Gasteiger partial charge on any atom is 0.275 e. The number of halogens is 1. The third-order valence-electron chi connectivity index (χ3n) is 6.15. The van der Waals surface area contributed by atoms with Gasteiger partial charge in [0.15, 0.2) is 5.78 Å². The molecule has 0 aliphatic carbocycles. The number of likely N-dealkylation sites (N-methyl/N-ethyl adjacent to an activating group) is 1. The number of carbonyl (C=O) groups is 2. The first-order valence-electron chi connectivity index (χ1n) is 11.9. The van der Waals surface area contributed by atoms with E-state index in [-0.39, 0.29) is 23.9 Å². The van der Waals surface area contributed by atoms with Crippen molar-refractivity contribution in [2.24, 2.45) is 0 Å². The number of nitrogens with zero attached hydrogens (tertiary/aromatic N) is 2. The van der Waals surface area contributed by atoms with E-state index in [2.05, 4.69) is 15.6 Å². The van der Waals surface area contributed by atoms with Crippen LogP contribution in [0.3, 0.4) is 0 Å². The Morgan fingerprint density at radius 3 is 2.37 bits per heavy atom. The number of pyridine rings is 2. The first kappa shape index (κ1) is 26.4. The van der Waals surface area contributed by atoms with Crippen molar-refractivity contribution in [1.82, 2.24) is 14.9 Å². The van der Waals surface area contributed by atoms with Crippen molar-refractivity contribution in [3.05, 3.63) is 112 Å². The van der Waals surface area contributed by atoms with Gasteiger partial charge in [-0.3, -0.25) is 19.4 Å². The second-order valence-corrected chi connectivity index (χ2v) is 8.67. The van der Waals surface area contributed by atoms with E-state index in [1.165, 1.54) is 35.0 Å². The highest BCUT2D eigenvalue weighted by Gasteiger charge is 2.17. The Bertz CT molecular complexity index is 1520. The molecule has 0 radical (unpaired) electrons. The maximum absolute atomic E-state index is 13.6. The van der Waals surface area contributed by atoms with Gasteiger partial charge in [-0.05, 0) is 91.8 Å². The van der Waals surface area contributed by atoms with Crippen molar-refractivity contribution >= 4 is 17.4 Å². The third kappa shape index (κ3) is 5.84. The summed E-state index contributed by atoms with van der Waals surface area (Å²) in [5.74, 6) is -0.426. The highest BCUT2D eigenvalue weighted by molar-refractivity contribution is 6.08. The number of nitrogens with one attached hydrogen (secondary N) is 2. The summed E-state index contributed by atoms with van der Waals surface area (Å²) in [5.41, 5.74) is 2.31. The van der Waals surface area contributed by atoms with Gasteiger partial charge in [-0.25, -0.2) is 4.39 Å². The number of anilines is 1. The fourth-order valence-electron chi connectivity index (χ4n) is 3.87. The quantitative estimate of drug-likeness (QED) is 0.329. The predicted molar refractivity (Wildman–Crippen MR) is 143 cm³/mol. The molecule has 8 nitrogen and oxygen atoms in total. The van der Waals surface area contributed by atoms with Crippen molar-refractivity contribution in [3.63, 3.8) is 0 Å². The molecule has 0 aliphatic heterocycles. The van der Waals surface area contributed by atoms with E-state index in [9.17, 15) is 18.8 Å². The summed E-state index contributed by atoms with van der Waals surface area (Å²) in [5, 5.41) is 5.53. The molecule has 38 heavy (non-hydrogen) atoms. The minimum atomic E-state index is -0.498. The number of ketones is 1. The van der Waals surface area contributed by atoms with E-state index in [0.29, 0.717) is 28.1 Å². The van der Waals surface area contributed by atoms with Gasteiger partial charge >= 0.3 is 0 Å². The molecule has 1 amide bonds. The fourth-order valence-corrected chi connectivity index (χ4v) is 3.87. The van der Waals surface area contributed by atoms with E-state index in [1.807, 2.05) is 12.1 Å². The zero-order valence-corrected chi connectivity index (χ0v) is 21.2. The lowest BCUT2D eigenvalue weighted by Crippen LogP contribution is -2.37. The summed E-state index contributed by atoms with van der Waals surface area (Å²) >= 11 is 0. The summed E-state index contributed by atoms with van der Waals surface area (Å²) in [6.45, 7) is 1.78.